The predicted octanol–water partition coefficient (Wildman–Crippen LogP) is 1.60. The summed E-state index contributed by atoms with van der Waals surface area (Å²) in [5, 5.41) is 5.19. The molecule has 2 fully saturated rings. The third-order valence-electron chi connectivity index (χ3n) is 5.43. The number of methoxy groups -OCH3 is 1. The molecule has 0 aliphatic carbocycles. The highest BCUT2D eigenvalue weighted by Gasteiger charge is 2.26. The number of para-hydroxylation sites is 1. The summed E-state index contributed by atoms with van der Waals surface area (Å²) in [6.45, 7) is 3.32. The van der Waals surface area contributed by atoms with Gasteiger partial charge in [0.05, 0.1) is 24.8 Å². The smallest absolute Gasteiger partial charge is 0.323 e. The van der Waals surface area contributed by atoms with Crippen molar-refractivity contribution in [2.24, 2.45) is 0 Å². The minimum Gasteiger partial charge on any atom is -0.496 e. The molecule has 1 aromatic heterocycles. The Labute approximate surface area is 184 Å². The van der Waals surface area contributed by atoms with Crippen LogP contribution in [0.3, 0.4) is 0 Å². The Kier molecular flexibility index (Phi) is 6.36. The zero-order valence-corrected chi connectivity index (χ0v) is 18.2. The number of thiazole rings is 1. The van der Waals surface area contributed by atoms with Crippen molar-refractivity contribution < 1.29 is 19.1 Å². The van der Waals surface area contributed by atoms with Gasteiger partial charge >= 0.3 is 6.03 Å². The summed E-state index contributed by atoms with van der Waals surface area (Å²) in [6.07, 6.45) is 0.898. The molecular formula is C21H25N5O4S. The molecule has 4 amide bonds. The molecule has 4 rings (SSSR count). The van der Waals surface area contributed by atoms with E-state index >= 15 is 0 Å². The summed E-state index contributed by atoms with van der Waals surface area (Å²) in [4.78, 5) is 47.2. The first kappa shape index (κ1) is 21.1. The molecule has 0 spiro atoms. The molecule has 2 saturated heterocycles. The minimum absolute atomic E-state index is 0.0192. The molecule has 2 aromatic rings. The molecule has 0 radical (unpaired) electrons. The van der Waals surface area contributed by atoms with Gasteiger partial charge in [0.1, 0.15) is 5.75 Å². The van der Waals surface area contributed by atoms with Gasteiger partial charge in [0, 0.05) is 44.6 Å². The van der Waals surface area contributed by atoms with Gasteiger partial charge < -0.3 is 19.9 Å². The van der Waals surface area contributed by atoms with E-state index in [1.165, 1.54) is 11.3 Å². The minimum atomic E-state index is -0.153. The van der Waals surface area contributed by atoms with Crippen LogP contribution in [0.25, 0.3) is 0 Å². The van der Waals surface area contributed by atoms with Gasteiger partial charge in [0.2, 0.25) is 5.91 Å². The quantitative estimate of drug-likeness (QED) is 0.758. The molecule has 31 heavy (non-hydrogen) atoms. The molecule has 2 aliphatic rings. The van der Waals surface area contributed by atoms with E-state index in [1.807, 2.05) is 17.5 Å². The summed E-state index contributed by atoms with van der Waals surface area (Å²) >= 11 is 1.37. The molecule has 0 saturated carbocycles. The van der Waals surface area contributed by atoms with Crippen molar-refractivity contribution in [2.75, 3.05) is 51.3 Å². The Balaban J connectivity index is 1.35. The fourth-order valence-corrected chi connectivity index (χ4v) is 4.63. The van der Waals surface area contributed by atoms with Crippen molar-refractivity contribution in [3.63, 3.8) is 0 Å². The van der Waals surface area contributed by atoms with Gasteiger partial charge in [-0.2, -0.15) is 0 Å². The maximum absolute atomic E-state index is 13.0. The lowest BCUT2D eigenvalue weighted by atomic mass is 10.1. The maximum atomic E-state index is 13.0. The number of hydrogen-bond donors (Lipinski definition) is 1. The van der Waals surface area contributed by atoms with Crippen molar-refractivity contribution in [1.29, 1.82) is 0 Å². The number of anilines is 1. The van der Waals surface area contributed by atoms with Gasteiger partial charge in [-0.3, -0.25) is 14.5 Å². The van der Waals surface area contributed by atoms with E-state index in [2.05, 4.69) is 10.3 Å². The van der Waals surface area contributed by atoms with Crippen LogP contribution >= 0.6 is 11.3 Å². The summed E-state index contributed by atoms with van der Waals surface area (Å²) in [5.74, 6) is 0.449. The summed E-state index contributed by atoms with van der Waals surface area (Å²) in [7, 11) is 1.55. The molecule has 9 nitrogen and oxygen atoms in total. The normalized spacial score (nSPS) is 16.8. The van der Waals surface area contributed by atoms with E-state index in [1.54, 1.807) is 33.9 Å². The molecule has 0 bridgehead atoms. The van der Waals surface area contributed by atoms with Gasteiger partial charge in [-0.25, -0.2) is 9.78 Å². The zero-order valence-electron chi connectivity index (χ0n) is 17.4. The Bertz CT molecular complexity index is 978. The van der Waals surface area contributed by atoms with Crippen LogP contribution in [0, 0.1) is 0 Å². The average Bonchev–Trinajstić information content (AvgIpc) is 3.34. The number of carbonyl (C=O) groups is 3. The number of nitrogens with zero attached hydrogens (tertiary/aromatic N) is 4. The van der Waals surface area contributed by atoms with Crippen molar-refractivity contribution >= 4 is 34.3 Å². The van der Waals surface area contributed by atoms with Gasteiger partial charge in [-0.15, -0.1) is 11.3 Å². The van der Waals surface area contributed by atoms with Crippen LogP contribution in [0.4, 0.5) is 9.93 Å². The lowest BCUT2D eigenvalue weighted by molar-refractivity contribution is -0.130. The molecule has 1 N–H and O–H groups in total. The van der Waals surface area contributed by atoms with Gasteiger partial charge in [0.15, 0.2) is 5.13 Å². The molecule has 3 heterocycles. The maximum Gasteiger partial charge on any atom is 0.323 e. The van der Waals surface area contributed by atoms with Crippen LogP contribution < -0.4 is 15.0 Å². The van der Waals surface area contributed by atoms with E-state index in [9.17, 15) is 14.4 Å². The number of ether oxygens (including phenoxy) is 1. The molecule has 2 aliphatic heterocycles. The topological polar surface area (TPSA) is 95.1 Å². The summed E-state index contributed by atoms with van der Waals surface area (Å²) < 4.78 is 5.31. The standard InChI is InChI=1S/C21H25N5O4S/c1-30-17-6-3-2-5-16(17)19(28)25-9-4-8-24(11-12-25)18(27)13-15-14-31-21(23-15)26-10-7-22-20(26)29/h2-3,5-6,14H,4,7-13H2,1H3,(H,22,29). The fraction of sp³-hybridized carbons (Fsp3) is 0.429. The monoisotopic (exact) mass is 443 g/mol. The zero-order chi connectivity index (χ0) is 21.8. The number of nitrogens with one attached hydrogen (secondary N) is 1. The number of benzene rings is 1. The van der Waals surface area contributed by atoms with E-state index in [4.69, 9.17) is 4.74 Å². The second kappa shape index (κ2) is 9.34. The van der Waals surface area contributed by atoms with E-state index in [-0.39, 0.29) is 24.3 Å². The number of hydrogen-bond acceptors (Lipinski definition) is 6. The van der Waals surface area contributed by atoms with Gasteiger partial charge in [-0.1, -0.05) is 12.1 Å². The Hall–Kier alpha value is -3.14. The van der Waals surface area contributed by atoms with Crippen molar-refractivity contribution in [2.45, 2.75) is 12.8 Å². The Morgan fingerprint density at radius 3 is 2.68 bits per heavy atom. The third kappa shape index (κ3) is 4.63. The summed E-state index contributed by atoms with van der Waals surface area (Å²) in [6, 6.07) is 7.03. The average molecular weight is 444 g/mol. The van der Waals surface area contributed by atoms with E-state index in [0.717, 1.165) is 0 Å². The third-order valence-corrected chi connectivity index (χ3v) is 6.35. The highest BCUT2D eigenvalue weighted by atomic mass is 32.1. The number of amides is 4. The lowest BCUT2D eigenvalue weighted by Gasteiger charge is -2.22. The molecule has 1 aromatic carbocycles. The first-order chi connectivity index (χ1) is 15.1. The highest BCUT2D eigenvalue weighted by Crippen LogP contribution is 2.23. The van der Waals surface area contributed by atoms with Crippen molar-refractivity contribution in [3.8, 4) is 5.75 Å². The van der Waals surface area contributed by atoms with Crippen molar-refractivity contribution in [3.05, 3.63) is 40.9 Å². The molecule has 0 atom stereocenters. The second-order valence-electron chi connectivity index (χ2n) is 7.41. The first-order valence-corrected chi connectivity index (χ1v) is 11.1. The van der Waals surface area contributed by atoms with Crippen LogP contribution in [0.1, 0.15) is 22.5 Å². The summed E-state index contributed by atoms with van der Waals surface area (Å²) in [5.41, 5.74) is 1.20. The number of rotatable bonds is 5. The van der Waals surface area contributed by atoms with E-state index < -0.39 is 0 Å². The Morgan fingerprint density at radius 1 is 1.13 bits per heavy atom. The fourth-order valence-electron chi connectivity index (χ4n) is 3.78. The predicted molar refractivity (Wildman–Crippen MR) is 117 cm³/mol. The number of carbonyl (C=O) groups excluding carboxylic acids is 3. The molecule has 164 valence electrons. The van der Waals surface area contributed by atoms with Gasteiger partial charge in [0.25, 0.3) is 5.91 Å². The van der Waals surface area contributed by atoms with E-state index in [0.29, 0.717) is 67.8 Å². The van der Waals surface area contributed by atoms with Crippen LogP contribution in [-0.4, -0.2) is 79.0 Å². The number of aromatic nitrogens is 1. The van der Waals surface area contributed by atoms with Crippen LogP contribution in [0.15, 0.2) is 29.6 Å². The Morgan fingerprint density at radius 2 is 1.90 bits per heavy atom. The van der Waals surface area contributed by atoms with Crippen molar-refractivity contribution in [1.82, 2.24) is 20.1 Å². The molecular weight excluding hydrogens is 418 g/mol. The highest BCUT2D eigenvalue weighted by molar-refractivity contribution is 7.14. The molecule has 0 unspecified atom stereocenters. The lowest BCUT2D eigenvalue weighted by Crippen LogP contribution is -2.38. The second-order valence-corrected chi connectivity index (χ2v) is 8.25. The van der Waals surface area contributed by atoms with Crippen LogP contribution in [-0.2, 0) is 11.2 Å². The van der Waals surface area contributed by atoms with Crippen LogP contribution in [0.5, 0.6) is 5.75 Å². The van der Waals surface area contributed by atoms with Crippen LogP contribution in [0.2, 0.25) is 0 Å². The van der Waals surface area contributed by atoms with Gasteiger partial charge in [-0.05, 0) is 18.6 Å². The SMILES string of the molecule is COc1ccccc1C(=O)N1CCCN(C(=O)Cc2csc(N3CCNC3=O)n2)CC1. The number of urea groups is 1. The largest absolute Gasteiger partial charge is 0.496 e. The first-order valence-electron chi connectivity index (χ1n) is 10.3. The molecule has 10 heteroatoms.